The highest BCUT2D eigenvalue weighted by Crippen LogP contribution is 2.33. The van der Waals surface area contributed by atoms with Crippen LogP contribution in [-0.2, 0) is 5.41 Å². The molecule has 0 bridgehead atoms. The molecular formula is C16H17NO. The third-order valence-electron chi connectivity index (χ3n) is 3.58. The van der Waals surface area contributed by atoms with Gasteiger partial charge in [0.05, 0.1) is 11.1 Å². The van der Waals surface area contributed by atoms with Crippen LogP contribution in [0.1, 0.15) is 25.0 Å². The molecule has 0 aliphatic carbocycles. The van der Waals surface area contributed by atoms with Gasteiger partial charge in [-0.3, -0.25) is 0 Å². The third kappa shape index (κ3) is 2.02. The Labute approximate surface area is 108 Å². The van der Waals surface area contributed by atoms with E-state index in [2.05, 4.69) is 36.3 Å². The summed E-state index contributed by atoms with van der Waals surface area (Å²) in [5.74, 6) is 0. The lowest BCUT2D eigenvalue weighted by atomic mass is 9.73. The molecule has 2 rings (SSSR count). The summed E-state index contributed by atoms with van der Waals surface area (Å²) in [7, 11) is 0. The van der Waals surface area contributed by atoms with E-state index in [1.165, 1.54) is 0 Å². The molecule has 18 heavy (non-hydrogen) atoms. The van der Waals surface area contributed by atoms with Crippen LogP contribution in [0.2, 0.25) is 0 Å². The van der Waals surface area contributed by atoms with Gasteiger partial charge in [0.15, 0.2) is 0 Å². The Hall–Kier alpha value is -2.09. The summed E-state index contributed by atoms with van der Waals surface area (Å²) in [6.07, 6.45) is 0. The van der Waals surface area contributed by atoms with Crippen molar-refractivity contribution >= 4 is 5.71 Å². The van der Waals surface area contributed by atoms with Gasteiger partial charge in [0.25, 0.3) is 0 Å². The average molecular weight is 239 g/mol. The molecule has 2 aromatic carbocycles. The SMILES string of the molecule is C/C(=N\O)C(C)(c1ccccc1)c1ccccc1. The van der Waals surface area contributed by atoms with E-state index < -0.39 is 5.41 Å². The summed E-state index contributed by atoms with van der Waals surface area (Å²) in [4.78, 5) is 0. The van der Waals surface area contributed by atoms with Gasteiger partial charge in [-0.1, -0.05) is 65.8 Å². The quantitative estimate of drug-likeness (QED) is 0.492. The molecule has 0 unspecified atom stereocenters. The van der Waals surface area contributed by atoms with Crippen LogP contribution in [0.3, 0.4) is 0 Å². The predicted molar refractivity (Wildman–Crippen MR) is 74.2 cm³/mol. The van der Waals surface area contributed by atoms with Gasteiger partial charge in [-0.05, 0) is 25.0 Å². The average Bonchev–Trinajstić information content (AvgIpc) is 2.47. The fourth-order valence-electron chi connectivity index (χ4n) is 2.23. The molecule has 2 aromatic rings. The Morgan fingerprint density at radius 3 is 1.61 bits per heavy atom. The number of nitrogens with zero attached hydrogens (tertiary/aromatic N) is 1. The number of hydrogen-bond donors (Lipinski definition) is 1. The summed E-state index contributed by atoms with van der Waals surface area (Å²) in [6.45, 7) is 3.92. The van der Waals surface area contributed by atoms with Crippen molar-refractivity contribution in [1.29, 1.82) is 0 Å². The van der Waals surface area contributed by atoms with Gasteiger partial charge in [0.1, 0.15) is 0 Å². The maximum absolute atomic E-state index is 9.18. The van der Waals surface area contributed by atoms with Crippen LogP contribution in [0.5, 0.6) is 0 Å². The minimum atomic E-state index is -0.405. The first-order valence-electron chi connectivity index (χ1n) is 5.99. The van der Waals surface area contributed by atoms with Gasteiger partial charge in [-0.2, -0.15) is 0 Å². The number of hydrogen-bond acceptors (Lipinski definition) is 2. The highest BCUT2D eigenvalue weighted by molar-refractivity contribution is 5.95. The van der Waals surface area contributed by atoms with Crippen molar-refractivity contribution in [3.63, 3.8) is 0 Å². The molecule has 1 N–H and O–H groups in total. The first kappa shape index (κ1) is 12.4. The molecule has 0 aliphatic rings. The minimum Gasteiger partial charge on any atom is -0.411 e. The highest BCUT2D eigenvalue weighted by Gasteiger charge is 2.32. The van der Waals surface area contributed by atoms with Gasteiger partial charge >= 0.3 is 0 Å². The zero-order valence-corrected chi connectivity index (χ0v) is 10.7. The van der Waals surface area contributed by atoms with E-state index in [-0.39, 0.29) is 0 Å². The van der Waals surface area contributed by atoms with Crippen LogP contribution in [0.4, 0.5) is 0 Å². The fraction of sp³-hybridized carbons (Fsp3) is 0.188. The summed E-state index contributed by atoms with van der Waals surface area (Å²) in [5.41, 5.74) is 2.51. The Morgan fingerprint density at radius 2 is 1.28 bits per heavy atom. The van der Waals surface area contributed by atoms with E-state index in [9.17, 15) is 5.21 Å². The summed E-state index contributed by atoms with van der Waals surface area (Å²) in [5, 5.41) is 12.6. The molecule has 0 amide bonds. The Balaban J connectivity index is 2.63. The van der Waals surface area contributed by atoms with Gasteiger partial charge in [0.2, 0.25) is 0 Å². The molecule has 0 radical (unpaired) electrons. The van der Waals surface area contributed by atoms with E-state index in [1.54, 1.807) is 0 Å². The molecule has 0 heterocycles. The van der Waals surface area contributed by atoms with Gasteiger partial charge in [0, 0.05) is 0 Å². The van der Waals surface area contributed by atoms with Crippen molar-refractivity contribution < 1.29 is 5.21 Å². The van der Waals surface area contributed by atoms with Crippen LogP contribution in [0.15, 0.2) is 65.8 Å². The first-order valence-corrected chi connectivity index (χ1v) is 5.99. The van der Waals surface area contributed by atoms with Crippen LogP contribution >= 0.6 is 0 Å². The van der Waals surface area contributed by atoms with Gasteiger partial charge in [-0.25, -0.2) is 0 Å². The minimum absolute atomic E-state index is 0.405. The Kier molecular flexibility index (Phi) is 3.47. The molecule has 2 heteroatoms. The van der Waals surface area contributed by atoms with Crippen molar-refractivity contribution in [2.75, 3.05) is 0 Å². The monoisotopic (exact) mass is 239 g/mol. The normalized spacial score (nSPS) is 12.4. The standard InChI is InChI=1S/C16H17NO/c1-13(17-18)16(2,14-9-5-3-6-10-14)15-11-7-4-8-12-15/h3-12,18H,1-2H3/b17-13+. The van der Waals surface area contributed by atoms with Crippen molar-refractivity contribution in [2.24, 2.45) is 5.16 Å². The molecule has 0 aliphatic heterocycles. The van der Waals surface area contributed by atoms with E-state index >= 15 is 0 Å². The van der Waals surface area contributed by atoms with Crippen molar-refractivity contribution in [3.05, 3.63) is 71.8 Å². The summed E-state index contributed by atoms with van der Waals surface area (Å²) in [6, 6.07) is 20.2. The lowest BCUT2D eigenvalue weighted by molar-refractivity contribution is 0.314. The van der Waals surface area contributed by atoms with Crippen molar-refractivity contribution in [3.8, 4) is 0 Å². The molecule has 0 aromatic heterocycles. The summed E-state index contributed by atoms with van der Waals surface area (Å²) < 4.78 is 0. The van der Waals surface area contributed by atoms with Gasteiger partial charge in [-0.15, -0.1) is 0 Å². The lowest BCUT2D eigenvalue weighted by Gasteiger charge is -2.30. The zero-order chi connectivity index (χ0) is 13.0. The number of rotatable bonds is 3. The molecule has 92 valence electrons. The third-order valence-corrected chi connectivity index (χ3v) is 3.58. The van der Waals surface area contributed by atoms with E-state index in [0.717, 1.165) is 11.1 Å². The predicted octanol–water partition coefficient (Wildman–Crippen LogP) is 3.84. The number of oxime groups is 1. The lowest BCUT2D eigenvalue weighted by Crippen LogP contribution is -2.32. The second-order valence-corrected chi connectivity index (χ2v) is 4.54. The molecular weight excluding hydrogens is 222 g/mol. The first-order chi connectivity index (χ1) is 8.69. The van der Waals surface area contributed by atoms with Gasteiger partial charge < -0.3 is 5.21 Å². The molecule has 0 fully saturated rings. The largest absolute Gasteiger partial charge is 0.411 e. The second kappa shape index (κ2) is 5.05. The molecule has 0 spiro atoms. The number of benzene rings is 2. The molecule has 0 saturated carbocycles. The Morgan fingerprint density at radius 1 is 0.889 bits per heavy atom. The van der Waals surface area contributed by atoms with E-state index in [4.69, 9.17) is 0 Å². The topological polar surface area (TPSA) is 32.6 Å². The maximum atomic E-state index is 9.18. The highest BCUT2D eigenvalue weighted by atomic mass is 16.4. The van der Waals surface area contributed by atoms with Crippen molar-refractivity contribution in [1.82, 2.24) is 0 Å². The fourth-order valence-corrected chi connectivity index (χ4v) is 2.23. The van der Waals surface area contributed by atoms with Crippen LogP contribution in [0, 0.1) is 0 Å². The molecule has 0 atom stereocenters. The van der Waals surface area contributed by atoms with Crippen LogP contribution < -0.4 is 0 Å². The maximum Gasteiger partial charge on any atom is 0.0686 e. The second-order valence-electron chi connectivity index (χ2n) is 4.54. The van der Waals surface area contributed by atoms with E-state index in [0.29, 0.717) is 5.71 Å². The molecule has 0 saturated heterocycles. The Bertz CT molecular complexity index is 492. The van der Waals surface area contributed by atoms with Crippen molar-refractivity contribution in [2.45, 2.75) is 19.3 Å². The smallest absolute Gasteiger partial charge is 0.0686 e. The zero-order valence-electron chi connectivity index (χ0n) is 10.7. The summed E-state index contributed by atoms with van der Waals surface area (Å²) >= 11 is 0. The van der Waals surface area contributed by atoms with E-state index in [1.807, 2.05) is 43.3 Å². The van der Waals surface area contributed by atoms with Crippen LogP contribution in [-0.4, -0.2) is 10.9 Å². The van der Waals surface area contributed by atoms with Crippen LogP contribution in [0.25, 0.3) is 0 Å². The molecule has 2 nitrogen and oxygen atoms in total.